The third-order valence-corrected chi connectivity index (χ3v) is 3.28. The van der Waals surface area contributed by atoms with Gasteiger partial charge in [-0.2, -0.15) is 5.10 Å². The number of hydrogen-bond acceptors (Lipinski definition) is 4. The van der Waals surface area contributed by atoms with E-state index in [2.05, 4.69) is 21.0 Å². The number of carbonyl (C=O) groups excluding carboxylic acids is 2. The van der Waals surface area contributed by atoms with E-state index in [1.807, 2.05) is 18.5 Å². The lowest BCUT2D eigenvalue weighted by Gasteiger charge is -2.10. The molecule has 0 N–H and O–H groups in total. The molecular weight excluding hydrogens is 312 g/mol. The first-order valence-corrected chi connectivity index (χ1v) is 7.14. The molecule has 5 nitrogen and oxygen atoms in total. The average molecular weight is 331 g/mol. The maximum Gasteiger partial charge on any atom is 0.306 e. The number of Topliss-reactive ketones (excluding diaryl/α,β-unsaturated/α-hetero) is 1. The van der Waals surface area contributed by atoms with E-state index < -0.39 is 0 Å². The predicted molar refractivity (Wildman–Crippen MR) is 74.9 cm³/mol. The molecule has 0 unspecified atom stereocenters. The van der Waals surface area contributed by atoms with Crippen LogP contribution in [-0.2, 0) is 20.7 Å². The van der Waals surface area contributed by atoms with Crippen molar-refractivity contribution >= 4 is 27.7 Å². The Hall–Kier alpha value is -1.17. The maximum absolute atomic E-state index is 11.9. The Bertz CT molecular complexity index is 455. The van der Waals surface area contributed by atoms with Gasteiger partial charge in [0.05, 0.1) is 29.4 Å². The highest BCUT2D eigenvalue weighted by Gasteiger charge is 2.16. The molecule has 106 valence electrons. The van der Waals surface area contributed by atoms with Crippen LogP contribution >= 0.6 is 15.9 Å². The second kappa shape index (κ2) is 7.43. The summed E-state index contributed by atoms with van der Waals surface area (Å²) in [6.45, 7) is 6.11. The Morgan fingerprint density at radius 1 is 1.42 bits per heavy atom. The van der Waals surface area contributed by atoms with Crippen molar-refractivity contribution in [3.63, 3.8) is 0 Å². The summed E-state index contributed by atoms with van der Waals surface area (Å²) in [6, 6.07) is 0.194. The molecule has 6 heteroatoms. The van der Waals surface area contributed by atoms with Crippen LogP contribution in [0.2, 0.25) is 0 Å². The highest BCUT2D eigenvalue weighted by molar-refractivity contribution is 9.10. The Morgan fingerprint density at radius 2 is 2.11 bits per heavy atom. The maximum atomic E-state index is 11.9. The molecule has 1 heterocycles. The molecule has 0 saturated carbocycles. The van der Waals surface area contributed by atoms with E-state index in [0.717, 1.165) is 10.2 Å². The highest BCUT2D eigenvalue weighted by atomic mass is 79.9. The van der Waals surface area contributed by atoms with Crippen molar-refractivity contribution in [1.29, 1.82) is 0 Å². The molecule has 0 aliphatic carbocycles. The zero-order valence-corrected chi connectivity index (χ0v) is 13.1. The van der Waals surface area contributed by atoms with E-state index in [1.54, 1.807) is 13.1 Å². The van der Waals surface area contributed by atoms with Crippen LogP contribution in [0.1, 0.15) is 45.3 Å². The van der Waals surface area contributed by atoms with E-state index in [-0.39, 0.29) is 37.1 Å². The van der Waals surface area contributed by atoms with E-state index in [0.29, 0.717) is 6.61 Å². The minimum atomic E-state index is -0.327. The summed E-state index contributed by atoms with van der Waals surface area (Å²) in [4.78, 5) is 23.1. The molecule has 0 bridgehead atoms. The summed E-state index contributed by atoms with van der Waals surface area (Å²) >= 11 is 3.39. The summed E-state index contributed by atoms with van der Waals surface area (Å²) in [5, 5.41) is 4.22. The number of rotatable bonds is 7. The van der Waals surface area contributed by atoms with Gasteiger partial charge in [-0.1, -0.05) is 0 Å². The fourth-order valence-corrected chi connectivity index (χ4v) is 2.14. The van der Waals surface area contributed by atoms with Crippen molar-refractivity contribution in [2.24, 2.45) is 0 Å². The van der Waals surface area contributed by atoms with Gasteiger partial charge in [-0.3, -0.25) is 14.3 Å². The first-order valence-electron chi connectivity index (χ1n) is 6.34. The van der Waals surface area contributed by atoms with Crippen molar-refractivity contribution in [3.8, 4) is 0 Å². The van der Waals surface area contributed by atoms with Gasteiger partial charge in [0.15, 0.2) is 0 Å². The molecule has 1 aromatic heterocycles. The number of ketones is 1. The average Bonchev–Trinajstić information content (AvgIpc) is 2.69. The molecule has 0 amide bonds. The van der Waals surface area contributed by atoms with Gasteiger partial charge in [0.25, 0.3) is 0 Å². The lowest BCUT2D eigenvalue weighted by Crippen LogP contribution is -2.14. The first-order chi connectivity index (χ1) is 8.95. The van der Waals surface area contributed by atoms with Crippen LogP contribution in [0, 0.1) is 0 Å². The normalized spacial score (nSPS) is 10.8. The number of esters is 1. The van der Waals surface area contributed by atoms with Gasteiger partial charge < -0.3 is 4.74 Å². The molecule has 1 aromatic rings. The van der Waals surface area contributed by atoms with Crippen LogP contribution < -0.4 is 0 Å². The lowest BCUT2D eigenvalue weighted by atomic mass is 10.1. The molecule has 0 saturated heterocycles. The molecule has 0 radical (unpaired) electrons. The summed E-state index contributed by atoms with van der Waals surface area (Å²) in [5.74, 6) is -0.316. The number of aromatic nitrogens is 2. The minimum absolute atomic E-state index is 0.0103. The predicted octanol–water partition coefficient (Wildman–Crippen LogP) is 2.68. The van der Waals surface area contributed by atoms with Crippen molar-refractivity contribution in [1.82, 2.24) is 9.78 Å². The highest BCUT2D eigenvalue weighted by Crippen LogP contribution is 2.20. The smallest absolute Gasteiger partial charge is 0.306 e. The lowest BCUT2D eigenvalue weighted by molar-refractivity contribution is -0.144. The third kappa shape index (κ3) is 4.78. The zero-order valence-electron chi connectivity index (χ0n) is 11.5. The fraction of sp³-hybridized carbons (Fsp3) is 0.615. The first kappa shape index (κ1) is 15.9. The zero-order chi connectivity index (χ0) is 14.4. The standard InChI is InChI=1S/C13H19BrN2O3/c1-4-19-13(18)6-5-10(17)7-12-11(14)8-15-16(12)9(2)3/h8-9H,4-7H2,1-3H3. The summed E-state index contributed by atoms with van der Waals surface area (Å²) in [5.41, 5.74) is 0.851. The molecule has 0 aliphatic rings. The second-order valence-corrected chi connectivity index (χ2v) is 5.35. The van der Waals surface area contributed by atoms with Crippen molar-refractivity contribution in [2.75, 3.05) is 6.61 Å². The van der Waals surface area contributed by atoms with Crippen molar-refractivity contribution < 1.29 is 14.3 Å². The molecule has 0 aromatic carbocycles. The third-order valence-electron chi connectivity index (χ3n) is 2.61. The molecule has 0 fully saturated rings. The van der Waals surface area contributed by atoms with Gasteiger partial charge >= 0.3 is 5.97 Å². The Balaban J connectivity index is 2.57. The number of nitrogens with zero attached hydrogens (tertiary/aromatic N) is 2. The minimum Gasteiger partial charge on any atom is -0.466 e. The van der Waals surface area contributed by atoms with Gasteiger partial charge in [0.2, 0.25) is 0 Å². The van der Waals surface area contributed by atoms with E-state index in [4.69, 9.17) is 4.74 Å². The van der Waals surface area contributed by atoms with Gasteiger partial charge in [0, 0.05) is 18.9 Å². The fourth-order valence-electron chi connectivity index (χ4n) is 1.73. The Morgan fingerprint density at radius 3 is 2.68 bits per heavy atom. The summed E-state index contributed by atoms with van der Waals surface area (Å²) in [6.07, 6.45) is 2.31. The van der Waals surface area contributed by atoms with Crippen LogP contribution in [0.5, 0.6) is 0 Å². The summed E-state index contributed by atoms with van der Waals surface area (Å²) < 4.78 is 7.43. The van der Waals surface area contributed by atoms with E-state index in [9.17, 15) is 9.59 Å². The monoisotopic (exact) mass is 330 g/mol. The molecular formula is C13H19BrN2O3. The Labute approximate surface area is 121 Å². The number of ether oxygens (including phenoxy) is 1. The molecule has 0 spiro atoms. The quantitative estimate of drug-likeness (QED) is 0.721. The van der Waals surface area contributed by atoms with Crippen LogP contribution in [0.3, 0.4) is 0 Å². The van der Waals surface area contributed by atoms with Crippen molar-refractivity contribution in [3.05, 3.63) is 16.4 Å². The van der Waals surface area contributed by atoms with Crippen LogP contribution in [0.4, 0.5) is 0 Å². The number of halogens is 1. The summed E-state index contributed by atoms with van der Waals surface area (Å²) in [7, 11) is 0. The Kier molecular flexibility index (Phi) is 6.21. The number of hydrogen-bond donors (Lipinski definition) is 0. The van der Waals surface area contributed by atoms with Gasteiger partial charge in [-0.15, -0.1) is 0 Å². The van der Waals surface area contributed by atoms with Gasteiger partial charge in [-0.05, 0) is 36.7 Å². The van der Waals surface area contributed by atoms with E-state index >= 15 is 0 Å². The second-order valence-electron chi connectivity index (χ2n) is 4.50. The van der Waals surface area contributed by atoms with Crippen LogP contribution in [0.15, 0.2) is 10.7 Å². The number of carbonyl (C=O) groups is 2. The molecule has 19 heavy (non-hydrogen) atoms. The van der Waals surface area contributed by atoms with Crippen molar-refractivity contribution in [2.45, 2.75) is 46.1 Å². The van der Waals surface area contributed by atoms with Crippen LogP contribution in [-0.4, -0.2) is 28.1 Å². The van der Waals surface area contributed by atoms with Gasteiger partial charge in [-0.25, -0.2) is 0 Å². The molecule has 1 rings (SSSR count). The van der Waals surface area contributed by atoms with E-state index in [1.165, 1.54) is 0 Å². The molecule has 0 atom stereocenters. The largest absolute Gasteiger partial charge is 0.466 e. The SMILES string of the molecule is CCOC(=O)CCC(=O)Cc1c(Br)cnn1C(C)C. The van der Waals surface area contributed by atoms with Crippen LogP contribution in [0.25, 0.3) is 0 Å². The van der Waals surface area contributed by atoms with Gasteiger partial charge in [0.1, 0.15) is 5.78 Å². The topological polar surface area (TPSA) is 61.2 Å². The molecule has 0 aliphatic heterocycles.